The molecule has 2 aromatic carbocycles. The molecule has 0 aromatic heterocycles. The fourth-order valence-corrected chi connectivity index (χ4v) is 1.58. The summed E-state index contributed by atoms with van der Waals surface area (Å²) in [4.78, 5) is 0. The van der Waals surface area contributed by atoms with Gasteiger partial charge in [-0.3, -0.25) is 0 Å². The Kier molecular flexibility index (Phi) is 2.18. The van der Waals surface area contributed by atoms with Crippen LogP contribution in [0.5, 0.6) is 5.75 Å². The van der Waals surface area contributed by atoms with Gasteiger partial charge in [-0.1, -0.05) is 0 Å². The fraction of sp³-hybridized carbons (Fsp3) is 0.0833. The minimum Gasteiger partial charge on any atom is -0.497 e. The highest BCUT2D eigenvalue weighted by atomic mass is 16.5. The topological polar surface area (TPSA) is 59.0 Å². The lowest BCUT2D eigenvalue weighted by Crippen LogP contribution is -1.90. The van der Waals surface area contributed by atoms with Crippen molar-refractivity contribution in [3.8, 4) is 11.8 Å². The highest BCUT2D eigenvalue weighted by molar-refractivity contribution is 5.97. The van der Waals surface area contributed by atoms with E-state index in [1.807, 2.05) is 18.2 Å². The van der Waals surface area contributed by atoms with Gasteiger partial charge in [-0.25, -0.2) is 0 Å². The standard InChI is InChI=1S/C12H10N2O/c1-15-9-3-4-10-11(6-9)8(7-13)2-5-12(10)14/h2-6H,14H2,1H3. The number of hydrogen-bond donors (Lipinski definition) is 1. The second-order valence-corrected chi connectivity index (χ2v) is 3.23. The molecule has 0 bridgehead atoms. The number of nitrogens with zero attached hydrogens (tertiary/aromatic N) is 1. The molecule has 0 radical (unpaired) electrons. The van der Waals surface area contributed by atoms with Gasteiger partial charge in [0.05, 0.1) is 18.7 Å². The lowest BCUT2D eigenvalue weighted by atomic mass is 10.0. The number of fused-ring (bicyclic) bond motifs is 1. The lowest BCUT2D eigenvalue weighted by molar-refractivity contribution is 0.415. The first-order valence-electron chi connectivity index (χ1n) is 4.52. The zero-order chi connectivity index (χ0) is 10.8. The van der Waals surface area contributed by atoms with Crippen molar-refractivity contribution < 1.29 is 4.74 Å². The van der Waals surface area contributed by atoms with Gasteiger partial charge >= 0.3 is 0 Å². The minimum atomic E-state index is 0.609. The number of nitrogen functional groups attached to an aromatic ring is 1. The van der Waals surface area contributed by atoms with Crippen molar-refractivity contribution in [1.29, 1.82) is 5.26 Å². The van der Waals surface area contributed by atoms with E-state index in [0.29, 0.717) is 11.3 Å². The van der Waals surface area contributed by atoms with Crippen LogP contribution < -0.4 is 10.5 Å². The van der Waals surface area contributed by atoms with Crippen LogP contribution in [0.4, 0.5) is 5.69 Å². The SMILES string of the molecule is COc1ccc2c(N)ccc(C#N)c2c1. The fourth-order valence-electron chi connectivity index (χ4n) is 1.58. The van der Waals surface area contributed by atoms with Gasteiger partial charge in [0.15, 0.2) is 0 Å². The van der Waals surface area contributed by atoms with Crippen LogP contribution in [0.15, 0.2) is 30.3 Å². The summed E-state index contributed by atoms with van der Waals surface area (Å²) in [5.41, 5.74) is 7.10. The van der Waals surface area contributed by atoms with Crippen LogP contribution in [0.3, 0.4) is 0 Å². The molecule has 0 saturated heterocycles. The number of methoxy groups -OCH3 is 1. The predicted molar refractivity (Wildman–Crippen MR) is 59.6 cm³/mol. The second kappa shape index (κ2) is 3.50. The van der Waals surface area contributed by atoms with E-state index in [4.69, 9.17) is 15.7 Å². The third-order valence-corrected chi connectivity index (χ3v) is 2.38. The summed E-state index contributed by atoms with van der Waals surface area (Å²) in [5.74, 6) is 0.726. The molecule has 0 fully saturated rings. The maximum absolute atomic E-state index is 8.96. The maximum atomic E-state index is 8.96. The zero-order valence-corrected chi connectivity index (χ0v) is 8.32. The van der Waals surface area contributed by atoms with Crippen LogP contribution >= 0.6 is 0 Å². The largest absolute Gasteiger partial charge is 0.497 e. The molecule has 15 heavy (non-hydrogen) atoms. The van der Waals surface area contributed by atoms with Crippen LogP contribution in [0.25, 0.3) is 10.8 Å². The molecular formula is C12H10N2O. The van der Waals surface area contributed by atoms with Crippen LogP contribution in [-0.4, -0.2) is 7.11 Å². The van der Waals surface area contributed by atoms with Gasteiger partial charge in [0.1, 0.15) is 5.75 Å². The predicted octanol–water partition coefficient (Wildman–Crippen LogP) is 2.30. The summed E-state index contributed by atoms with van der Waals surface area (Å²) in [6.07, 6.45) is 0. The van der Waals surface area contributed by atoms with Crippen molar-refractivity contribution in [1.82, 2.24) is 0 Å². The number of rotatable bonds is 1. The number of benzene rings is 2. The molecule has 74 valence electrons. The van der Waals surface area contributed by atoms with Gasteiger partial charge in [-0.05, 0) is 30.3 Å². The van der Waals surface area contributed by atoms with E-state index in [2.05, 4.69) is 6.07 Å². The molecule has 2 aromatic rings. The lowest BCUT2D eigenvalue weighted by Gasteiger charge is -2.06. The molecule has 0 aliphatic rings. The average molecular weight is 198 g/mol. The number of anilines is 1. The highest BCUT2D eigenvalue weighted by Gasteiger charge is 2.04. The molecule has 0 aliphatic carbocycles. The van der Waals surface area contributed by atoms with E-state index in [1.165, 1.54) is 0 Å². The van der Waals surface area contributed by atoms with Gasteiger partial charge in [0.2, 0.25) is 0 Å². The molecular weight excluding hydrogens is 188 g/mol. The zero-order valence-electron chi connectivity index (χ0n) is 8.32. The van der Waals surface area contributed by atoms with E-state index in [1.54, 1.807) is 19.2 Å². The van der Waals surface area contributed by atoms with E-state index in [-0.39, 0.29) is 0 Å². The van der Waals surface area contributed by atoms with E-state index in [0.717, 1.165) is 16.5 Å². The third-order valence-electron chi connectivity index (χ3n) is 2.38. The third kappa shape index (κ3) is 1.46. The summed E-state index contributed by atoms with van der Waals surface area (Å²) in [6.45, 7) is 0. The van der Waals surface area contributed by atoms with Gasteiger partial charge < -0.3 is 10.5 Å². The number of nitrogens with two attached hydrogens (primary N) is 1. The van der Waals surface area contributed by atoms with Crippen LogP contribution in [0.1, 0.15) is 5.56 Å². The Bertz CT molecular complexity index is 555. The Labute approximate surface area is 87.7 Å². The molecule has 0 aliphatic heterocycles. The van der Waals surface area contributed by atoms with E-state index < -0.39 is 0 Å². The summed E-state index contributed by atoms with van der Waals surface area (Å²) in [7, 11) is 1.60. The van der Waals surface area contributed by atoms with E-state index >= 15 is 0 Å². The smallest absolute Gasteiger partial charge is 0.119 e. The van der Waals surface area contributed by atoms with Crippen molar-refractivity contribution in [2.45, 2.75) is 0 Å². The first-order chi connectivity index (χ1) is 7.26. The summed E-state index contributed by atoms with van der Waals surface area (Å²) in [6, 6.07) is 11.1. The van der Waals surface area contributed by atoms with Crippen LogP contribution in [-0.2, 0) is 0 Å². The Morgan fingerprint density at radius 1 is 1.20 bits per heavy atom. The van der Waals surface area contributed by atoms with Crippen molar-refractivity contribution in [2.24, 2.45) is 0 Å². The van der Waals surface area contributed by atoms with Crippen LogP contribution in [0, 0.1) is 11.3 Å². The normalized spacial score (nSPS) is 9.87. The monoisotopic (exact) mass is 198 g/mol. The maximum Gasteiger partial charge on any atom is 0.119 e. The molecule has 0 unspecified atom stereocenters. The average Bonchev–Trinajstić information content (AvgIpc) is 2.29. The van der Waals surface area contributed by atoms with Gasteiger partial charge in [0, 0.05) is 16.5 Å². The number of hydrogen-bond acceptors (Lipinski definition) is 3. The van der Waals surface area contributed by atoms with Crippen molar-refractivity contribution in [2.75, 3.05) is 12.8 Å². The first kappa shape index (κ1) is 9.35. The molecule has 3 nitrogen and oxygen atoms in total. The number of ether oxygens (including phenoxy) is 1. The van der Waals surface area contributed by atoms with Gasteiger partial charge in [-0.2, -0.15) is 5.26 Å². The molecule has 0 spiro atoms. The summed E-state index contributed by atoms with van der Waals surface area (Å²) >= 11 is 0. The second-order valence-electron chi connectivity index (χ2n) is 3.23. The molecule has 0 saturated carbocycles. The first-order valence-corrected chi connectivity index (χ1v) is 4.52. The Morgan fingerprint density at radius 3 is 2.67 bits per heavy atom. The molecule has 2 N–H and O–H groups in total. The molecule has 0 amide bonds. The van der Waals surface area contributed by atoms with Gasteiger partial charge in [-0.15, -0.1) is 0 Å². The molecule has 3 heteroatoms. The summed E-state index contributed by atoms with van der Waals surface area (Å²) < 4.78 is 5.11. The Hall–Kier alpha value is -2.21. The van der Waals surface area contributed by atoms with Gasteiger partial charge in [0.25, 0.3) is 0 Å². The van der Waals surface area contributed by atoms with Crippen molar-refractivity contribution in [3.63, 3.8) is 0 Å². The molecule has 2 rings (SSSR count). The van der Waals surface area contributed by atoms with Crippen molar-refractivity contribution >= 4 is 16.5 Å². The van der Waals surface area contributed by atoms with Crippen molar-refractivity contribution in [3.05, 3.63) is 35.9 Å². The molecule has 0 heterocycles. The Balaban J connectivity index is 2.84. The highest BCUT2D eigenvalue weighted by Crippen LogP contribution is 2.27. The minimum absolute atomic E-state index is 0.609. The quantitative estimate of drug-likeness (QED) is 0.715. The molecule has 0 atom stereocenters. The van der Waals surface area contributed by atoms with Crippen LogP contribution in [0.2, 0.25) is 0 Å². The number of nitriles is 1. The Morgan fingerprint density at radius 2 is 2.00 bits per heavy atom. The van der Waals surface area contributed by atoms with E-state index in [9.17, 15) is 0 Å². The summed E-state index contributed by atoms with van der Waals surface area (Å²) in [5, 5.41) is 10.7.